The number of hydrogen-bond donors (Lipinski definition) is 6. The number of benzene rings is 2. The maximum Gasteiger partial charge on any atom is 0.402 e. The maximum absolute atomic E-state index is 10.0. The van der Waals surface area contributed by atoms with Crippen LogP contribution in [0.1, 0.15) is 0 Å². The lowest BCUT2D eigenvalue weighted by Gasteiger charge is -2.03. The Labute approximate surface area is 147 Å². The monoisotopic (exact) mass is 374 g/mol. The lowest BCUT2D eigenvalue weighted by Crippen LogP contribution is -3.00. The molecule has 128 valence electrons. The van der Waals surface area contributed by atoms with Crippen molar-refractivity contribution in [3.63, 3.8) is 0 Å². The first-order valence-electron chi connectivity index (χ1n) is 6.14. The van der Waals surface area contributed by atoms with Gasteiger partial charge in [-0.25, -0.2) is 4.42 Å². The average Bonchev–Trinajstić information content (AvgIpc) is 2.44. The number of halogens is 2. The predicted octanol–water partition coefficient (Wildman–Crippen LogP) is 0.0403. The molecular weight excluding hydrogens is 363 g/mol. The molecule has 1 heterocycles. The van der Waals surface area contributed by atoms with E-state index in [9.17, 15) is 30.6 Å². The standard InChI is InChI=1S/C15H10O7.2ClH/c16-7-3-9(17)8-5-12(20)15(22-13(8)4-7)6-1-10(18)14(21)11(19)2-6;;/h1-5H,(H5-,16,17,18,19,20,21);2*1H. The van der Waals surface area contributed by atoms with Gasteiger partial charge in [-0.15, -0.1) is 12.4 Å². The van der Waals surface area contributed by atoms with Gasteiger partial charge in [0.05, 0.1) is 11.6 Å². The molecule has 3 rings (SSSR count). The fraction of sp³-hybridized carbons (Fsp3) is 0. The van der Waals surface area contributed by atoms with Gasteiger partial charge < -0.3 is 43.0 Å². The normalized spacial score (nSPS) is 10.0. The highest BCUT2D eigenvalue weighted by atomic mass is 35.5. The molecule has 0 fully saturated rings. The Morgan fingerprint density at radius 2 is 1.25 bits per heavy atom. The van der Waals surface area contributed by atoms with Crippen LogP contribution in [0.3, 0.4) is 0 Å². The van der Waals surface area contributed by atoms with Gasteiger partial charge in [0.25, 0.3) is 0 Å². The summed E-state index contributed by atoms with van der Waals surface area (Å²) in [4.78, 5) is 0. The molecule has 1 aromatic heterocycles. The van der Waals surface area contributed by atoms with Crippen molar-refractivity contribution in [1.29, 1.82) is 0 Å². The number of phenolic OH excluding ortho intramolecular Hbond substituents is 5. The van der Waals surface area contributed by atoms with E-state index < -0.39 is 17.2 Å². The summed E-state index contributed by atoms with van der Waals surface area (Å²) in [6.45, 7) is 0. The molecule has 2 aromatic carbocycles. The van der Waals surface area contributed by atoms with Crippen LogP contribution < -0.4 is 12.4 Å². The van der Waals surface area contributed by atoms with Gasteiger partial charge in [-0.05, 0) is 0 Å². The fourth-order valence-corrected chi connectivity index (χ4v) is 2.13. The van der Waals surface area contributed by atoms with Crippen LogP contribution in [0.4, 0.5) is 0 Å². The molecule has 0 saturated heterocycles. The van der Waals surface area contributed by atoms with Crippen molar-refractivity contribution in [2.75, 3.05) is 0 Å². The molecule has 0 atom stereocenters. The van der Waals surface area contributed by atoms with Crippen molar-refractivity contribution >= 4 is 23.4 Å². The third-order valence-electron chi connectivity index (χ3n) is 3.16. The van der Waals surface area contributed by atoms with E-state index >= 15 is 0 Å². The molecule has 0 radical (unpaired) electrons. The number of phenols is 5. The Kier molecular flexibility index (Phi) is 5.44. The molecule has 0 amide bonds. The lowest BCUT2D eigenvalue weighted by atomic mass is 10.1. The number of hydrogen-bond acceptors (Lipinski definition) is 6. The topological polar surface area (TPSA) is 133 Å². The molecule has 3 aromatic rings. The highest BCUT2D eigenvalue weighted by Crippen LogP contribution is 2.43. The zero-order valence-electron chi connectivity index (χ0n) is 11.8. The minimum absolute atomic E-state index is 0. The Morgan fingerprint density at radius 1 is 0.667 bits per heavy atom. The first-order valence-corrected chi connectivity index (χ1v) is 6.14. The lowest BCUT2D eigenvalue weighted by molar-refractivity contribution is -0.0000107. The summed E-state index contributed by atoms with van der Waals surface area (Å²) in [5, 5.41) is 57.8. The first-order chi connectivity index (χ1) is 10.4. The van der Waals surface area contributed by atoms with Crippen LogP contribution in [0, 0.1) is 0 Å². The largest absolute Gasteiger partial charge is 1.00 e. The van der Waals surface area contributed by atoms with Crippen LogP contribution in [0.5, 0.6) is 34.5 Å². The van der Waals surface area contributed by atoms with Gasteiger partial charge in [-0.3, -0.25) is 0 Å². The quantitative estimate of drug-likeness (QED) is 0.261. The van der Waals surface area contributed by atoms with Gasteiger partial charge in [0.1, 0.15) is 16.9 Å². The Bertz CT molecular complexity index is 889. The van der Waals surface area contributed by atoms with Crippen LogP contribution in [0.25, 0.3) is 22.3 Å². The first kappa shape index (κ1) is 19.3. The Morgan fingerprint density at radius 3 is 1.83 bits per heavy atom. The molecule has 6 N–H and O–H groups in total. The van der Waals surface area contributed by atoms with Crippen molar-refractivity contribution in [3.05, 3.63) is 30.3 Å². The van der Waals surface area contributed by atoms with Gasteiger partial charge in [0.15, 0.2) is 17.2 Å². The molecule has 0 saturated carbocycles. The molecular formula is C15H12Cl2O7. The van der Waals surface area contributed by atoms with Crippen LogP contribution >= 0.6 is 12.4 Å². The molecule has 0 aliphatic heterocycles. The molecule has 0 unspecified atom stereocenters. The summed E-state index contributed by atoms with van der Waals surface area (Å²) in [7, 11) is 0. The SMILES string of the molecule is Cl.Oc1cc(O)c2cc(O)c(-c3cc(O)c(O)c(O)c3)[o+]c2c1.[Cl-]. The van der Waals surface area contributed by atoms with E-state index in [0.29, 0.717) is 0 Å². The van der Waals surface area contributed by atoms with E-state index in [1.165, 1.54) is 12.1 Å². The molecule has 7 nitrogen and oxygen atoms in total. The van der Waals surface area contributed by atoms with Crippen molar-refractivity contribution in [1.82, 2.24) is 0 Å². The minimum atomic E-state index is -0.695. The third-order valence-corrected chi connectivity index (χ3v) is 3.16. The third kappa shape index (κ3) is 3.12. The van der Waals surface area contributed by atoms with E-state index in [1.54, 1.807) is 0 Å². The second-order valence-electron chi connectivity index (χ2n) is 4.70. The summed E-state index contributed by atoms with van der Waals surface area (Å²) < 4.78 is 5.42. The fourth-order valence-electron chi connectivity index (χ4n) is 2.13. The van der Waals surface area contributed by atoms with Gasteiger partial charge in [0.2, 0.25) is 5.75 Å². The van der Waals surface area contributed by atoms with Crippen LogP contribution in [-0.2, 0) is 0 Å². The van der Waals surface area contributed by atoms with Gasteiger partial charge in [-0.2, -0.15) is 0 Å². The second kappa shape index (κ2) is 6.77. The van der Waals surface area contributed by atoms with E-state index in [1.807, 2.05) is 0 Å². The summed E-state index contributed by atoms with van der Waals surface area (Å²) in [6.07, 6.45) is 0. The van der Waals surface area contributed by atoms with Gasteiger partial charge >= 0.3 is 11.3 Å². The smallest absolute Gasteiger partial charge is 0.402 e. The Balaban J connectivity index is 0.00000144. The summed E-state index contributed by atoms with van der Waals surface area (Å²) in [6, 6.07) is 5.71. The van der Waals surface area contributed by atoms with E-state index in [-0.39, 0.29) is 64.4 Å². The molecule has 0 aliphatic carbocycles. The van der Waals surface area contributed by atoms with Gasteiger partial charge in [0, 0.05) is 24.3 Å². The summed E-state index contributed by atoms with van der Waals surface area (Å²) >= 11 is 0. The van der Waals surface area contributed by atoms with Crippen molar-refractivity contribution in [2.45, 2.75) is 0 Å². The van der Waals surface area contributed by atoms with Crippen molar-refractivity contribution in [2.24, 2.45) is 0 Å². The molecule has 0 spiro atoms. The minimum Gasteiger partial charge on any atom is -1.00 e. The van der Waals surface area contributed by atoms with Crippen molar-refractivity contribution < 1.29 is 47.5 Å². The molecule has 0 bridgehead atoms. The molecule has 9 heteroatoms. The number of aromatic hydroxyl groups is 6. The predicted molar refractivity (Wildman–Crippen MR) is 83.3 cm³/mol. The highest BCUT2D eigenvalue weighted by Gasteiger charge is 2.25. The maximum atomic E-state index is 10.0. The average molecular weight is 375 g/mol. The van der Waals surface area contributed by atoms with Crippen LogP contribution in [-0.4, -0.2) is 30.6 Å². The number of fused-ring (bicyclic) bond motifs is 1. The second-order valence-corrected chi connectivity index (χ2v) is 4.70. The van der Waals surface area contributed by atoms with Crippen molar-refractivity contribution in [3.8, 4) is 45.8 Å². The molecule has 24 heavy (non-hydrogen) atoms. The zero-order chi connectivity index (χ0) is 16.0. The van der Waals surface area contributed by atoms with Gasteiger partial charge in [-0.1, -0.05) is 0 Å². The van der Waals surface area contributed by atoms with Crippen LogP contribution in [0.15, 0.2) is 34.7 Å². The van der Waals surface area contributed by atoms with E-state index in [2.05, 4.69) is 0 Å². The van der Waals surface area contributed by atoms with E-state index in [0.717, 1.165) is 18.2 Å². The highest BCUT2D eigenvalue weighted by molar-refractivity contribution is 5.88. The summed E-state index contributed by atoms with van der Waals surface area (Å²) in [5.41, 5.74) is 0.174. The summed E-state index contributed by atoms with van der Waals surface area (Å²) in [5.74, 6) is -2.88. The number of rotatable bonds is 1. The van der Waals surface area contributed by atoms with E-state index in [4.69, 9.17) is 4.42 Å². The van der Waals surface area contributed by atoms with Crippen LogP contribution in [0.2, 0.25) is 0 Å². The molecule has 0 aliphatic rings. The Hall–Kier alpha value is -2.77. The zero-order valence-corrected chi connectivity index (χ0v) is 13.3.